The van der Waals surface area contributed by atoms with Crippen LogP contribution in [0.1, 0.15) is 58.9 Å². The highest BCUT2D eigenvalue weighted by molar-refractivity contribution is 6.99. The fourth-order valence-corrected chi connectivity index (χ4v) is 13.7. The van der Waals surface area contributed by atoms with Crippen molar-refractivity contribution >= 4 is 53.9 Å². The third-order valence-corrected chi connectivity index (χ3v) is 16.7. The number of halogens is 1. The fourth-order valence-electron chi connectivity index (χ4n) is 8.91. The van der Waals surface area contributed by atoms with E-state index in [1.165, 1.54) is 20.8 Å². The molecule has 53 heavy (non-hydrogen) atoms. The van der Waals surface area contributed by atoms with Crippen LogP contribution in [0.5, 0.6) is 5.75 Å². The van der Waals surface area contributed by atoms with E-state index in [0.717, 1.165) is 36.0 Å². The first-order valence-electron chi connectivity index (χ1n) is 18.7. The number of amides is 2. The number of phenols is 1. The number of allylic oxidation sites excluding steroid dienone is 1. The topological polar surface area (TPSA) is 76.1 Å². The summed E-state index contributed by atoms with van der Waals surface area (Å²) in [7, 11) is -2.90. The summed E-state index contributed by atoms with van der Waals surface area (Å²) in [6, 6.07) is 35.6. The maximum atomic E-state index is 14.3. The fraction of sp³-hybridized carbons (Fsp3) is 0.333. The third kappa shape index (κ3) is 6.96. The number of hydrogen-bond donors (Lipinski definition) is 1. The Morgan fingerprint density at radius 2 is 1.53 bits per heavy atom. The first-order valence-corrected chi connectivity index (χ1v) is 21.0. The van der Waals surface area contributed by atoms with Crippen molar-refractivity contribution in [1.82, 2.24) is 0 Å². The first kappa shape index (κ1) is 37.1. The molecule has 6 nitrogen and oxygen atoms in total. The van der Waals surface area contributed by atoms with Crippen LogP contribution < -0.4 is 15.3 Å². The average molecular weight is 746 g/mol. The number of rotatable bonds is 11. The molecule has 0 saturated carbocycles. The summed E-state index contributed by atoms with van der Waals surface area (Å²) < 4.78 is 14.1. The number of ether oxygens (including phenoxy) is 1. The van der Waals surface area contributed by atoms with Crippen LogP contribution in [0.2, 0.25) is 10.1 Å². The number of imide groups is 1. The normalized spacial score (nSPS) is 22.0. The van der Waals surface area contributed by atoms with Crippen LogP contribution in [0.3, 0.4) is 0 Å². The molecule has 4 atom stereocenters. The molecule has 3 aliphatic rings. The van der Waals surface area contributed by atoms with Gasteiger partial charge in [-0.05, 0) is 88.1 Å². The van der Waals surface area contributed by atoms with Crippen molar-refractivity contribution in [3.8, 4) is 5.75 Å². The van der Waals surface area contributed by atoms with E-state index >= 15 is 0 Å². The summed E-state index contributed by atoms with van der Waals surface area (Å²) in [6.45, 7) is 9.69. The van der Waals surface area contributed by atoms with E-state index in [1.54, 1.807) is 12.1 Å². The Morgan fingerprint density at radius 3 is 2.11 bits per heavy atom. The number of anilines is 1. The minimum atomic E-state index is -2.90. The van der Waals surface area contributed by atoms with Crippen molar-refractivity contribution in [2.24, 2.45) is 17.8 Å². The molecule has 2 fully saturated rings. The molecule has 0 unspecified atom stereocenters. The molecule has 1 aliphatic carbocycles. The molecule has 2 heterocycles. The molecule has 7 rings (SSSR count). The van der Waals surface area contributed by atoms with E-state index in [-0.39, 0.29) is 34.6 Å². The van der Waals surface area contributed by atoms with E-state index < -0.39 is 20.2 Å². The summed E-state index contributed by atoms with van der Waals surface area (Å²) in [5.41, 5.74) is 4.92. The minimum absolute atomic E-state index is 0.136. The number of para-hydroxylation sites is 1. The van der Waals surface area contributed by atoms with Gasteiger partial charge in [0.1, 0.15) is 5.75 Å². The molecule has 1 N–H and O–H groups in total. The van der Waals surface area contributed by atoms with Gasteiger partial charge in [-0.3, -0.25) is 14.5 Å². The second-order valence-electron chi connectivity index (χ2n) is 15.5. The van der Waals surface area contributed by atoms with Gasteiger partial charge in [0.05, 0.1) is 41.9 Å². The molecule has 4 aromatic rings. The van der Waals surface area contributed by atoms with E-state index in [4.69, 9.17) is 20.8 Å². The van der Waals surface area contributed by atoms with Gasteiger partial charge in [-0.2, -0.15) is 0 Å². The Labute approximate surface area is 319 Å². The van der Waals surface area contributed by atoms with E-state index in [2.05, 4.69) is 82.3 Å². The summed E-state index contributed by atoms with van der Waals surface area (Å²) in [4.78, 5) is 29.9. The van der Waals surface area contributed by atoms with Crippen molar-refractivity contribution in [3.05, 3.63) is 137 Å². The predicted molar refractivity (Wildman–Crippen MR) is 215 cm³/mol. The predicted octanol–water partition coefficient (Wildman–Crippen LogP) is 8.72. The zero-order valence-corrected chi connectivity index (χ0v) is 32.7. The van der Waals surface area contributed by atoms with Gasteiger partial charge in [-0.1, -0.05) is 130 Å². The molecule has 0 aromatic heterocycles. The van der Waals surface area contributed by atoms with Crippen LogP contribution in [0, 0.1) is 17.8 Å². The van der Waals surface area contributed by atoms with Gasteiger partial charge in [0.15, 0.2) is 0 Å². The van der Waals surface area contributed by atoms with Crippen molar-refractivity contribution in [2.45, 2.75) is 64.5 Å². The van der Waals surface area contributed by atoms with Gasteiger partial charge >= 0.3 is 0 Å². The SMILES string of the molecule is CC/C(=C\c1ccc(O)cc1Cl)CC[C@H]1OC[C@H]2C1=C(CO[Si](c1ccccc1)(c1ccccc1)C(C)(C)C)C[C@H]1C(=O)N(c3ccccc3)C(=O)[C@H]12. The maximum absolute atomic E-state index is 14.3. The van der Waals surface area contributed by atoms with Crippen LogP contribution in [0.15, 0.2) is 126 Å². The van der Waals surface area contributed by atoms with Crippen molar-refractivity contribution in [1.29, 1.82) is 0 Å². The largest absolute Gasteiger partial charge is 0.508 e. The van der Waals surface area contributed by atoms with Crippen LogP contribution in [0.4, 0.5) is 5.69 Å². The molecule has 0 radical (unpaired) electrons. The van der Waals surface area contributed by atoms with Gasteiger partial charge in [-0.25, -0.2) is 0 Å². The number of aromatic hydroxyl groups is 1. The monoisotopic (exact) mass is 745 g/mol. The zero-order chi connectivity index (χ0) is 37.3. The molecule has 274 valence electrons. The Balaban J connectivity index is 1.27. The average Bonchev–Trinajstić information content (AvgIpc) is 3.69. The highest BCUT2D eigenvalue weighted by atomic mass is 35.5. The highest BCUT2D eigenvalue weighted by Crippen LogP contribution is 2.51. The van der Waals surface area contributed by atoms with Crippen LogP contribution in [-0.2, 0) is 18.8 Å². The molecular weight excluding hydrogens is 698 g/mol. The number of nitrogens with zero attached hydrogens (tertiary/aromatic N) is 1. The molecule has 8 heteroatoms. The number of carbonyl (C=O) groups excluding carboxylic acids is 2. The summed E-state index contributed by atoms with van der Waals surface area (Å²) in [5, 5.41) is 12.6. The second kappa shape index (κ2) is 15.2. The number of carbonyl (C=O) groups is 2. The van der Waals surface area contributed by atoms with Crippen molar-refractivity contribution in [3.63, 3.8) is 0 Å². The van der Waals surface area contributed by atoms with Gasteiger partial charge in [-0.15, -0.1) is 0 Å². The Kier molecular flexibility index (Phi) is 10.6. The lowest BCUT2D eigenvalue weighted by molar-refractivity contribution is -0.122. The first-order chi connectivity index (χ1) is 25.5. The maximum Gasteiger partial charge on any atom is 0.261 e. The molecule has 2 saturated heterocycles. The minimum Gasteiger partial charge on any atom is -0.508 e. The Bertz CT molecular complexity index is 1980. The van der Waals surface area contributed by atoms with Gasteiger partial charge < -0.3 is 14.3 Å². The van der Waals surface area contributed by atoms with E-state index in [0.29, 0.717) is 30.3 Å². The standard InChI is InChI=1S/C45H48ClNO5Si/c1-5-30(25-31-22-23-34(48)27-39(31)46)21-24-40-41-32(26-37-42(38(41)29-51-40)44(50)47(43(37)49)33-15-9-6-10-16-33)28-52-53(45(2,3)4,35-17-11-7-12-18-35)36-19-13-8-14-20-36/h6-20,22-23,25,27,37-38,40,42,48H,5,21,24,26,28-29H2,1-4H3/b30-25+/t37-,38+,40-,42-/m1/s1. The van der Waals surface area contributed by atoms with Crippen LogP contribution in [0.25, 0.3) is 6.08 Å². The second-order valence-corrected chi connectivity index (χ2v) is 20.2. The van der Waals surface area contributed by atoms with Crippen molar-refractivity contribution in [2.75, 3.05) is 18.1 Å². The quantitative estimate of drug-likeness (QED) is 0.0945. The molecule has 0 spiro atoms. The molecule has 2 amide bonds. The third-order valence-electron chi connectivity index (χ3n) is 11.4. The van der Waals surface area contributed by atoms with E-state index in [9.17, 15) is 14.7 Å². The number of hydrogen-bond acceptors (Lipinski definition) is 5. The Hall–Kier alpha value is -4.27. The zero-order valence-electron chi connectivity index (χ0n) is 30.9. The molecule has 0 bridgehead atoms. The molecule has 4 aromatic carbocycles. The summed E-state index contributed by atoms with van der Waals surface area (Å²) in [6.07, 6.45) is 4.68. The lowest BCUT2D eigenvalue weighted by Gasteiger charge is -2.44. The number of benzene rings is 4. The van der Waals surface area contributed by atoms with Crippen LogP contribution >= 0.6 is 11.6 Å². The lowest BCUT2D eigenvalue weighted by Crippen LogP contribution is -2.66. The smallest absolute Gasteiger partial charge is 0.261 e. The van der Waals surface area contributed by atoms with Crippen molar-refractivity contribution < 1.29 is 23.9 Å². The highest BCUT2D eigenvalue weighted by Gasteiger charge is 2.58. The molecular formula is C45H48ClNO5Si. The Morgan fingerprint density at radius 1 is 0.906 bits per heavy atom. The van der Waals surface area contributed by atoms with Gasteiger partial charge in [0, 0.05) is 5.92 Å². The lowest BCUT2D eigenvalue weighted by atomic mass is 9.69. The molecule has 2 aliphatic heterocycles. The van der Waals surface area contributed by atoms with Crippen LogP contribution in [-0.4, -0.2) is 44.6 Å². The summed E-state index contributed by atoms with van der Waals surface area (Å²) >= 11 is 6.48. The van der Waals surface area contributed by atoms with E-state index in [1.807, 2.05) is 48.5 Å². The number of fused-ring (bicyclic) bond motifs is 3. The van der Waals surface area contributed by atoms with Gasteiger partial charge in [0.2, 0.25) is 11.8 Å². The van der Waals surface area contributed by atoms with Gasteiger partial charge in [0.25, 0.3) is 8.32 Å². The number of phenolic OH excluding ortho intramolecular Hbond substituents is 1. The summed E-state index contributed by atoms with van der Waals surface area (Å²) in [5.74, 6) is -1.30.